The molecule has 2 aliphatic heterocycles. The predicted molar refractivity (Wildman–Crippen MR) is 93.0 cm³/mol. The van der Waals surface area contributed by atoms with Crippen LogP contribution in [-0.4, -0.2) is 57.1 Å². The lowest BCUT2D eigenvalue weighted by Gasteiger charge is -2.40. The Hall–Kier alpha value is -1.79. The maximum atomic E-state index is 13.1. The number of benzene rings is 1. The molecule has 1 amide bonds. The Balaban J connectivity index is 1.74. The van der Waals surface area contributed by atoms with Crippen molar-refractivity contribution >= 4 is 5.91 Å². The topological polar surface area (TPSA) is 57.2 Å². The SMILES string of the molecule is COc1ccc(C(C)(C)C(=O)N2CCC3(CC2)OCCO3)cc1OC. The van der Waals surface area contributed by atoms with E-state index >= 15 is 0 Å². The van der Waals surface area contributed by atoms with Gasteiger partial charge in [0.25, 0.3) is 0 Å². The molecule has 1 aromatic rings. The Morgan fingerprint density at radius 2 is 1.68 bits per heavy atom. The molecule has 2 fully saturated rings. The Morgan fingerprint density at radius 3 is 2.24 bits per heavy atom. The first-order valence-corrected chi connectivity index (χ1v) is 8.72. The maximum Gasteiger partial charge on any atom is 0.232 e. The maximum absolute atomic E-state index is 13.1. The minimum Gasteiger partial charge on any atom is -0.493 e. The molecule has 6 heteroatoms. The molecule has 2 aliphatic rings. The van der Waals surface area contributed by atoms with Crippen molar-refractivity contribution in [1.82, 2.24) is 4.90 Å². The number of nitrogens with zero attached hydrogens (tertiary/aromatic N) is 1. The smallest absolute Gasteiger partial charge is 0.232 e. The molecule has 25 heavy (non-hydrogen) atoms. The van der Waals surface area contributed by atoms with Gasteiger partial charge in [-0.25, -0.2) is 0 Å². The van der Waals surface area contributed by atoms with Gasteiger partial charge in [0, 0.05) is 25.9 Å². The number of hydrogen-bond acceptors (Lipinski definition) is 5. The van der Waals surface area contributed by atoms with E-state index in [1.807, 2.05) is 36.9 Å². The van der Waals surface area contributed by atoms with E-state index in [0.29, 0.717) is 37.8 Å². The van der Waals surface area contributed by atoms with E-state index in [2.05, 4.69) is 0 Å². The second-order valence-electron chi connectivity index (χ2n) is 7.09. The molecule has 0 aliphatic carbocycles. The first-order valence-electron chi connectivity index (χ1n) is 8.72. The fourth-order valence-corrected chi connectivity index (χ4v) is 3.58. The molecular formula is C19H27NO5. The summed E-state index contributed by atoms with van der Waals surface area (Å²) in [6, 6.07) is 5.65. The molecule has 0 atom stereocenters. The number of piperidine rings is 1. The molecule has 0 aromatic heterocycles. The third-order valence-electron chi connectivity index (χ3n) is 5.27. The zero-order valence-electron chi connectivity index (χ0n) is 15.5. The highest BCUT2D eigenvalue weighted by molar-refractivity contribution is 5.87. The fourth-order valence-electron chi connectivity index (χ4n) is 3.58. The highest BCUT2D eigenvalue weighted by Crippen LogP contribution is 2.36. The van der Waals surface area contributed by atoms with Crippen molar-refractivity contribution in [2.24, 2.45) is 0 Å². The van der Waals surface area contributed by atoms with Crippen LogP contribution in [0.25, 0.3) is 0 Å². The average Bonchev–Trinajstić information content (AvgIpc) is 3.09. The van der Waals surface area contributed by atoms with Gasteiger partial charge in [0.05, 0.1) is 32.8 Å². The van der Waals surface area contributed by atoms with Crippen LogP contribution < -0.4 is 9.47 Å². The molecule has 2 heterocycles. The first kappa shape index (κ1) is 18.0. The molecule has 0 saturated carbocycles. The van der Waals surface area contributed by atoms with Gasteiger partial charge in [-0.3, -0.25) is 4.79 Å². The minimum atomic E-state index is -0.651. The molecule has 1 spiro atoms. The quantitative estimate of drug-likeness (QED) is 0.835. The fraction of sp³-hybridized carbons (Fsp3) is 0.632. The van der Waals surface area contributed by atoms with Crippen molar-refractivity contribution in [3.05, 3.63) is 23.8 Å². The van der Waals surface area contributed by atoms with Gasteiger partial charge in [0.15, 0.2) is 17.3 Å². The van der Waals surface area contributed by atoms with Gasteiger partial charge in [0.1, 0.15) is 0 Å². The van der Waals surface area contributed by atoms with Crippen LogP contribution in [-0.2, 0) is 19.7 Å². The summed E-state index contributed by atoms with van der Waals surface area (Å²) in [5.41, 5.74) is 0.255. The van der Waals surface area contributed by atoms with Crippen molar-refractivity contribution in [1.29, 1.82) is 0 Å². The first-order chi connectivity index (χ1) is 11.9. The molecule has 0 radical (unpaired) electrons. The van der Waals surface area contributed by atoms with Gasteiger partial charge < -0.3 is 23.8 Å². The number of rotatable bonds is 4. The Labute approximate surface area is 149 Å². The average molecular weight is 349 g/mol. The molecule has 1 aromatic carbocycles. The van der Waals surface area contributed by atoms with E-state index in [-0.39, 0.29) is 5.91 Å². The van der Waals surface area contributed by atoms with E-state index in [0.717, 1.165) is 18.4 Å². The van der Waals surface area contributed by atoms with Gasteiger partial charge >= 0.3 is 0 Å². The van der Waals surface area contributed by atoms with Crippen molar-refractivity contribution < 1.29 is 23.7 Å². The second kappa shape index (κ2) is 6.84. The summed E-state index contributed by atoms with van der Waals surface area (Å²) in [7, 11) is 3.20. The lowest BCUT2D eigenvalue weighted by atomic mass is 9.82. The van der Waals surface area contributed by atoms with E-state index in [1.54, 1.807) is 14.2 Å². The normalized spacial score (nSPS) is 19.9. The Kier molecular flexibility index (Phi) is 4.93. The van der Waals surface area contributed by atoms with Gasteiger partial charge in [0.2, 0.25) is 5.91 Å². The van der Waals surface area contributed by atoms with Gasteiger partial charge in [-0.05, 0) is 31.5 Å². The summed E-state index contributed by atoms with van der Waals surface area (Å²) in [6.45, 7) is 6.48. The van der Waals surface area contributed by atoms with Gasteiger partial charge in [-0.2, -0.15) is 0 Å². The van der Waals surface area contributed by atoms with Gasteiger partial charge in [-0.15, -0.1) is 0 Å². The molecule has 138 valence electrons. The standard InChI is InChI=1S/C19H27NO5/c1-18(2,14-5-6-15(22-3)16(13-14)23-4)17(21)20-9-7-19(8-10-20)24-11-12-25-19/h5-6,13H,7-12H2,1-4H3. The lowest BCUT2D eigenvalue weighted by molar-refractivity contribution is -0.188. The molecule has 0 bridgehead atoms. The van der Waals surface area contributed by atoms with Crippen LogP contribution in [0.2, 0.25) is 0 Å². The Bertz CT molecular complexity index is 627. The van der Waals surface area contributed by atoms with Crippen LogP contribution in [0.3, 0.4) is 0 Å². The van der Waals surface area contributed by atoms with E-state index in [9.17, 15) is 4.79 Å². The van der Waals surface area contributed by atoms with Crippen molar-refractivity contribution in [2.45, 2.75) is 37.9 Å². The van der Waals surface area contributed by atoms with Crippen LogP contribution >= 0.6 is 0 Å². The van der Waals surface area contributed by atoms with E-state index in [4.69, 9.17) is 18.9 Å². The summed E-state index contributed by atoms with van der Waals surface area (Å²) in [4.78, 5) is 15.1. The number of amides is 1. The highest BCUT2D eigenvalue weighted by Gasteiger charge is 2.43. The number of hydrogen-bond donors (Lipinski definition) is 0. The zero-order chi connectivity index (χ0) is 18.1. The number of likely N-dealkylation sites (tertiary alicyclic amines) is 1. The van der Waals surface area contributed by atoms with Crippen molar-refractivity contribution in [2.75, 3.05) is 40.5 Å². The number of ether oxygens (including phenoxy) is 4. The summed E-state index contributed by atoms with van der Waals surface area (Å²) in [6.07, 6.45) is 1.45. The summed E-state index contributed by atoms with van der Waals surface area (Å²) in [5, 5.41) is 0. The zero-order valence-corrected chi connectivity index (χ0v) is 15.5. The monoisotopic (exact) mass is 349 g/mol. The molecule has 2 saturated heterocycles. The number of carbonyl (C=O) groups is 1. The third kappa shape index (κ3) is 3.33. The molecule has 0 unspecified atom stereocenters. The third-order valence-corrected chi connectivity index (χ3v) is 5.27. The highest BCUT2D eigenvalue weighted by atomic mass is 16.7. The molecule has 0 N–H and O–H groups in total. The van der Waals surface area contributed by atoms with Crippen LogP contribution in [0.4, 0.5) is 0 Å². The van der Waals surface area contributed by atoms with Crippen molar-refractivity contribution in [3.8, 4) is 11.5 Å². The van der Waals surface area contributed by atoms with E-state index in [1.165, 1.54) is 0 Å². The molecule has 6 nitrogen and oxygen atoms in total. The number of carbonyl (C=O) groups excluding carboxylic acids is 1. The predicted octanol–water partition coefficient (Wildman–Crippen LogP) is 2.35. The number of methoxy groups -OCH3 is 2. The lowest BCUT2D eigenvalue weighted by Crippen LogP contribution is -2.51. The minimum absolute atomic E-state index is 0.104. The van der Waals surface area contributed by atoms with Gasteiger partial charge in [-0.1, -0.05) is 6.07 Å². The van der Waals surface area contributed by atoms with Crippen LogP contribution in [0.15, 0.2) is 18.2 Å². The second-order valence-corrected chi connectivity index (χ2v) is 7.09. The van der Waals surface area contributed by atoms with Crippen LogP contribution in [0, 0.1) is 0 Å². The summed E-state index contributed by atoms with van der Waals surface area (Å²) >= 11 is 0. The molecular weight excluding hydrogens is 322 g/mol. The summed E-state index contributed by atoms with van der Waals surface area (Å²) in [5.74, 6) is 0.924. The Morgan fingerprint density at radius 1 is 1.08 bits per heavy atom. The van der Waals surface area contributed by atoms with Crippen LogP contribution in [0.5, 0.6) is 11.5 Å². The van der Waals surface area contributed by atoms with E-state index < -0.39 is 11.2 Å². The van der Waals surface area contributed by atoms with Crippen LogP contribution in [0.1, 0.15) is 32.3 Å². The van der Waals surface area contributed by atoms with Crippen molar-refractivity contribution in [3.63, 3.8) is 0 Å². The largest absolute Gasteiger partial charge is 0.493 e. The molecule has 3 rings (SSSR count). The summed E-state index contributed by atoms with van der Waals surface area (Å²) < 4.78 is 22.2.